The minimum atomic E-state index is -3.84. The summed E-state index contributed by atoms with van der Waals surface area (Å²) in [6.07, 6.45) is 2.88. The van der Waals surface area contributed by atoms with Crippen molar-refractivity contribution in [1.29, 1.82) is 0 Å². The average Bonchev–Trinajstić information content (AvgIpc) is 2.67. The van der Waals surface area contributed by atoms with Gasteiger partial charge in [0.05, 0.1) is 18.6 Å². The van der Waals surface area contributed by atoms with Crippen molar-refractivity contribution in [2.45, 2.75) is 65.2 Å². The van der Waals surface area contributed by atoms with Crippen molar-refractivity contribution >= 4 is 16.1 Å². The smallest absolute Gasteiger partial charge is 0.305 e. The minimum Gasteiger partial charge on any atom is -0.469 e. The van der Waals surface area contributed by atoms with Crippen molar-refractivity contribution in [2.24, 2.45) is 17.3 Å². The quantitative estimate of drug-likeness (QED) is 0.350. The van der Waals surface area contributed by atoms with Crippen LogP contribution in [0.5, 0.6) is 0 Å². The molecule has 1 aliphatic carbocycles. The lowest BCUT2D eigenvalue weighted by molar-refractivity contribution is -0.141. The maximum atomic E-state index is 12.8. The van der Waals surface area contributed by atoms with Crippen LogP contribution in [0.25, 0.3) is 0 Å². The van der Waals surface area contributed by atoms with E-state index in [1.807, 2.05) is 6.92 Å². The van der Waals surface area contributed by atoms with Crippen LogP contribution in [0.1, 0.15) is 58.9 Å². The molecule has 5 nitrogen and oxygen atoms in total. The number of carbonyl (C=O) groups excluding carboxylic acids is 1. The van der Waals surface area contributed by atoms with Gasteiger partial charge in [0.2, 0.25) is 0 Å². The molecule has 0 aromatic heterocycles. The van der Waals surface area contributed by atoms with Crippen molar-refractivity contribution in [3.8, 4) is 0 Å². The van der Waals surface area contributed by atoms with Crippen molar-refractivity contribution in [1.82, 2.24) is 0 Å². The van der Waals surface area contributed by atoms with E-state index in [4.69, 9.17) is 8.92 Å². The Morgan fingerprint density at radius 2 is 1.83 bits per heavy atom. The highest BCUT2D eigenvalue weighted by Crippen LogP contribution is 2.51. The van der Waals surface area contributed by atoms with Gasteiger partial charge in [-0.1, -0.05) is 42.7 Å². The second kappa shape index (κ2) is 9.43. The van der Waals surface area contributed by atoms with Crippen LogP contribution >= 0.6 is 0 Å². The van der Waals surface area contributed by atoms with Crippen LogP contribution < -0.4 is 0 Å². The standard InChI is InChI=1S/C23H34O5S/c1-16(2)20-12-9-18(4)23(5,21(20)13-14-22(24)27-6)15-28-29(25,26)19-10-7-17(3)8-11-19/h7-8,10-11,18,21H,9,12-15H2,1-6H3/t18-,21-,23-/m1/s1. The molecular weight excluding hydrogens is 388 g/mol. The number of esters is 1. The van der Waals surface area contributed by atoms with Gasteiger partial charge < -0.3 is 4.74 Å². The summed E-state index contributed by atoms with van der Waals surface area (Å²) in [5, 5.41) is 0. The topological polar surface area (TPSA) is 69.7 Å². The van der Waals surface area contributed by atoms with Crippen LogP contribution in [0.4, 0.5) is 0 Å². The molecule has 2 rings (SSSR count). The molecule has 1 fully saturated rings. The highest BCUT2D eigenvalue weighted by Gasteiger charge is 2.45. The van der Waals surface area contributed by atoms with Crippen molar-refractivity contribution in [2.75, 3.05) is 13.7 Å². The first kappa shape index (κ1) is 23.6. The molecule has 0 heterocycles. The number of benzene rings is 1. The van der Waals surface area contributed by atoms with Gasteiger partial charge in [0.25, 0.3) is 10.1 Å². The van der Waals surface area contributed by atoms with E-state index in [0.29, 0.717) is 12.8 Å². The van der Waals surface area contributed by atoms with Gasteiger partial charge in [-0.2, -0.15) is 8.42 Å². The van der Waals surface area contributed by atoms with Gasteiger partial charge in [0.15, 0.2) is 0 Å². The minimum absolute atomic E-state index is 0.0727. The molecule has 0 unspecified atom stereocenters. The lowest BCUT2D eigenvalue weighted by Gasteiger charge is -2.48. The molecule has 162 valence electrons. The van der Waals surface area contributed by atoms with Gasteiger partial charge in [0, 0.05) is 11.8 Å². The molecule has 0 spiro atoms. The first-order chi connectivity index (χ1) is 13.5. The van der Waals surface area contributed by atoms with Gasteiger partial charge in [-0.05, 0) is 64.0 Å². The van der Waals surface area contributed by atoms with Gasteiger partial charge in [-0.15, -0.1) is 0 Å². The summed E-state index contributed by atoms with van der Waals surface area (Å²) in [4.78, 5) is 12.0. The summed E-state index contributed by atoms with van der Waals surface area (Å²) in [5.41, 5.74) is 3.15. The summed E-state index contributed by atoms with van der Waals surface area (Å²) in [7, 11) is -2.45. The molecule has 1 aliphatic rings. The SMILES string of the molecule is COC(=O)CC[C@@H]1C(=C(C)C)CC[C@@H](C)[C@@]1(C)COS(=O)(=O)c1ccc(C)cc1. The van der Waals surface area contributed by atoms with Crippen LogP contribution in [0, 0.1) is 24.2 Å². The molecule has 0 amide bonds. The second-order valence-corrected chi connectivity index (χ2v) is 10.3. The lowest BCUT2D eigenvalue weighted by Crippen LogP contribution is -2.43. The molecule has 0 bridgehead atoms. The van der Waals surface area contributed by atoms with Crippen LogP contribution in [0.3, 0.4) is 0 Å². The Kier molecular flexibility index (Phi) is 7.68. The van der Waals surface area contributed by atoms with Gasteiger partial charge in [0.1, 0.15) is 0 Å². The van der Waals surface area contributed by atoms with E-state index in [-0.39, 0.29) is 29.3 Å². The van der Waals surface area contributed by atoms with Crippen LogP contribution in [0.15, 0.2) is 40.3 Å². The third-order valence-electron chi connectivity index (χ3n) is 6.53. The fraction of sp³-hybridized carbons (Fsp3) is 0.609. The van der Waals surface area contributed by atoms with E-state index in [2.05, 4.69) is 27.7 Å². The summed E-state index contributed by atoms with van der Waals surface area (Å²) in [6, 6.07) is 6.68. The second-order valence-electron chi connectivity index (χ2n) is 8.67. The molecule has 1 saturated carbocycles. The third kappa shape index (κ3) is 5.48. The van der Waals surface area contributed by atoms with Crippen LogP contribution in [-0.2, 0) is 23.8 Å². The average molecular weight is 423 g/mol. The molecular formula is C23H34O5S. The van der Waals surface area contributed by atoms with Gasteiger partial charge in [-0.3, -0.25) is 8.98 Å². The predicted molar refractivity (Wildman–Crippen MR) is 114 cm³/mol. The number of rotatable bonds is 7. The Hall–Kier alpha value is -1.66. The van der Waals surface area contributed by atoms with E-state index in [0.717, 1.165) is 18.4 Å². The maximum Gasteiger partial charge on any atom is 0.305 e. The zero-order valence-electron chi connectivity index (χ0n) is 18.4. The Balaban J connectivity index is 2.29. The van der Waals surface area contributed by atoms with E-state index >= 15 is 0 Å². The number of aryl methyl sites for hydroxylation is 1. The van der Waals surface area contributed by atoms with Gasteiger partial charge >= 0.3 is 5.97 Å². The largest absolute Gasteiger partial charge is 0.469 e. The van der Waals surface area contributed by atoms with E-state index in [9.17, 15) is 13.2 Å². The molecule has 3 atom stereocenters. The first-order valence-electron chi connectivity index (χ1n) is 10.2. The van der Waals surface area contributed by atoms with E-state index < -0.39 is 15.5 Å². The zero-order chi connectivity index (χ0) is 21.8. The Morgan fingerprint density at radius 1 is 1.21 bits per heavy atom. The summed E-state index contributed by atoms with van der Waals surface area (Å²) < 4.78 is 35.9. The molecule has 6 heteroatoms. The number of allylic oxidation sites excluding steroid dienone is 2. The van der Waals surface area contributed by atoms with Crippen molar-refractivity contribution < 1.29 is 22.1 Å². The van der Waals surface area contributed by atoms with Gasteiger partial charge in [-0.25, -0.2) is 0 Å². The lowest BCUT2D eigenvalue weighted by atomic mass is 9.58. The Bertz CT molecular complexity index is 850. The molecule has 1 aromatic carbocycles. The Morgan fingerprint density at radius 3 is 2.38 bits per heavy atom. The Labute approximate surface area is 175 Å². The monoisotopic (exact) mass is 422 g/mol. The number of methoxy groups -OCH3 is 1. The van der Waals surface area contributed by atoms with E-state index in [1.54, 1.807) is 24.3 Å². The molecule has 0 aliphatic heterocycles. The zero-order valence-corrected chi connectivity index (χ0v) is 19.3. The van der Waals surface area contributed by atoms with Crippen molar-refractivity contribution in [3.05, 3.63) is 41.0 Å². The van der Waals surface area contributed by atoms with Crippen LogP contribution in [0.2, 0.25) is 0 Å². The predicted octanol–water partition coefficient (Wildman–Crippen LogP) is 5.04. The molecule has 0 saturated heterocycles. The molecule has 1 aromatic rings. The highest BCUT2D eigenvalue weighted by atomic mass is 32.2. The maximum absolute atomic E-state index is 12.8. The number of hydrogen-bond donors (Lipinski definition) is 0. The summed E-state index contributed by atoms with van der Waals surface area (Å²) in [6.45, 7) is 10.4. The summed E-state index contributed by atoms with van der Waals surface area (Å²) in [5.74, 6) is 0.0944. The number of ether oxygens (including phenoxy) is 1. The fourth-order valence-electron chi connectivity index (χ4n) is 4.30. The molecule has 0 N–H and O–H groups in total. The van der Waals surface area contributed by atoms with Crippen LogP contribution in [-0.4, -0.2) is 28.1 Å². The van der Waals surface area contributed by atoms with Crippen molar-refractivity contribution in [3.63, 3.8) is 0 Å². The molecule has 29 heavy (non-hydrogen) atoms. The molecule has 0 radical (unpaired) electrons. The summed E-state index contributed by atoms with van der Waals surface area (Å²) >= 11 is 0. The highest BCUT2D eigenvalue weighted by molar-refractivity contribution is 7.86. The first-order valence-corrected chi connectivity index (χ1v) is 11.6. The third-order valence-corrected chi connectivity index (χ3v) is 7.81. The van der Waals surface area contributed by atoms with E-state index in [1.165, 1.54) is 18.3 Å². The normalized spacial score (nSPS) is 25.0. The number of carbonyl (C=O) groups is 1. The number of hydrogen-bond acceptors (Lipinski definition) is 5. The fourth-order valence-corrected chi connectivity index (χ4v) is 5.32.